The summed E-state index contributed by atoms with van der Waals surface area (Å²) in [4.78, 5) is 39.9. The number of aliphatic carboxylic acids is 1. The Balaban J connectivity index is 1.57. The smallest absolute Gasteiger partial charge is 0.419 e. The van der Waals surface area contributed by atoms with Crippen LogP contribution in [-0.4, -0.2) is 38.9 Å². The molecule has 0 spiro atoms. The van der Waals surface area contributed by atoms with Crippen molar-refractivity contribution in [1.82, 2.24) is 14.9 Å². The van der Waals surface area contributed by atoms with Gasteiger partial charge in [-0.05, 0) is 11.1 Å². The zero-order valence-corrected chi connectivity index (χ0v) is 16.5. The van der Waals surface area contributed by atoms with Crippen LogP contribution >= 0.6 is 0 Å². The third kappa shape index (κ3) is 6.43. The number of carbonyl (C=O) groups is 3. The average molecular weight is 423 g/mol. The second-order valence-corrected chi connectivity index (χ2v) is 6.60. The van der Waals surface area contributed by atoms with Gasteiger partial charge in [0.2, 0.25) is 0 Å². The third-order valence-electron chi connectivity index (χ3n) is 4.33. The number of alkyl carbamates (subject to hydrolysis) is 1. The summed E-state index contributed by atoms with van der Waals surface area (Å²) < 4.78 is 11.4. The maximum atomic E-state index is 12.4. The topological polar surface area (TPSA) is 120 Å². The van der Waals surface area contributed by atoms with Crippen molar-refractivity contribution in [2.45, 2.75) is 25.7 Å². The normalized spacial score (nSPS) is 11.4. The number of aromatic nitrogens is 2. The second-order valence-electron chi connectivity index (χ2n) is 6.60. The molecule has 0 fully saturated rings. The van der Waals surface area contributed by atoms with Crippen molar-refractivity contribution in [2.75, 3.05) is 0 Å². The van der Waals surface area contributed by atoms with E-state index in [1.807, 2.05) is 36.4 Å². The van der Waals surface area contributed by atoms with Gasteiger partial charge in [-0.2, -0.15) is 0 Å². The molecule has 0 saturated carbocycles. The van der Waals surface area contributed by atoms with Gasteiger partial charge in [-0.15, -0.1) is 0 Å². The monoisotopic (exact) mass is 423 g/mol. The minimum atomic E-state index is -1.32. The fourth-order valence-electron chi connectivity index (χ4n) is 2.74. The van der Waals surface area contributed by atoms with E-state index >= 15 is 0 Å². The SMILES string of the molecule is O=C(N[C@@H](Cc1cncn1C(=O)OCc1ccccc1)C(=O)O)OCc1ccccc1. The van der Waals surface area contributed by atoms with E-state index in [4.69, 9.17) is 9.47 Å². The quantitative estimate of drug-likeness (QED) is 0.571. The number of imidazole rings is 1. The molecule has 2 N–H and O–H groups in total. The van der Waals surface area contributed by atoms with Gasteiger partial charge in [0.25, 0.3) is 0 Å². The molecule has 0 unspecified atom stereocenters. The highest BCUT2D eigenvalue weighted by Crippen LogP contribution is 2.08. The van der Waals surface area contributed by atoms with E-state index in [-0.39, 0.29) is 25.3 Å². The molecule has 0 bridgehead atoms. The van der Waals surface area contributed by atoms with Crippen molar-refractivity contribution in [3.63, 3.8) is 0 Å². The summed E-state index contributed by atoms with van der Waals surface area (Å²) in [5, 5.41) is 11.8. The van der Waals surface area contributed by atoms with E-state index in [1.54, 1.807) is 24.3 Å². The Hall–Kier alpha value is -4.14. The Bertz CT molecular complexity index is 1020. The van der Waals surface area contributed by atoms with Crippen molar-refractivity contribution in [2.24, 2.45) is 0 Å². The van der Waals surface area contributed by atoms with Crippen molar-refractivity contribution >= 4 is 18.2 Å². The first kappa shape index (κ1) is 21.6. The number of hydrogen-bond donors (Lipinski definition) is 2. The average Bonchev–Trinajstić information content (AvgIpc) is 3.25. The van der Waals surface area contributed by atoms with Crippen LogP contribution in [0.4, 0.5) is 9.59 Å². The Morgan fingerprint density at radius 1 is 0.935 bits per heavy atom. The van der Waals surface area contributed by atoms with Crippen molar-refractivity contribution in [3.8, 4) is 0 Å². The first-order valence-electron chi connectivity index (χ1n) is 9.45. The van der Waals surface area contributed by atoms with Crippen molar-refractivity contribution in [3.05, 3.63) is 90.0 Å². The molecule has 0 radical (unpaired) electrons. The first-order chi connectivity index (χ1) is 15.0. The van der Waals surface area contributed by atoms with Gasteiger partial charge >= 0.3 is 18.2 Å². The van der Waals surface area contributed by atoms with E-state index in [0.29, 0.717) is 0 Å². The maximum Gasteiger partial charge on any atom is 0.419 e. The molecular weight excluding hydrogens is 402 g/mol. The molecule has 2 aromatic carbocycles. The highest BCUT2D eigenvalue weighted by atomic mass is 16.6. The van der Waals surface area contributed by atoms with Gasteiger partial charge in [-0.3, -0.25) is 0 Å². The Morgan fingerprint density at radius 3 is 2.10 bits per heavy atom. The van der Waals surface area contributed by atoms with Crippen molar-refractivity contribution < 1.29 is 29.0 Å². The molecule has 1 amide bonds. The molecule has 9 heteroatoms. The van der Waals surface area contributed by atoms with Gasteiger partial charge in [0.15, 0.2) is 0 Å². The third-order valence-corrected chi connectivity index (χ3v) is 4.33. The summed E-state index contributed by atoms with van der Waals surface area (Å²) in [5.41, 5.74) is 1.85. The highest BCUT2D eigenvalue weighted by Gasteiger charge is 2.24. The first-order valence-corrected chi connectivity index (χ1v) is 9.45. The van der Waals surface area contributed by atoms with Gasteiger partial charge in [-0.25, -0.2) is 23.9 Å². The minimum absolute atomic E-state index is 0.00273. The molecule has 1 atom stereocenters. The number of carboxylic acid groups (broad SMARTS) is 1. The predicted molar refractivity (Wildman–Crippen MR) is 109 cm³/mol. The molecule has 160 valence electrons. The molecule has 0 aliphatic heterocycles. The summed E-state index contributed by atoms with van der Waals surface area (Å²) in [6.45, 7) is 0.0620. The Morgan fingerprint density at radius 2 is 1.52 bits per heavy atom. The van der Waals surface area contributed by atoms with E-state index in [9.17, 15) is 19.5 Å². The Kier molecular flexibility index (Phi) is 7.36. The van der Waals surface area contributed by atoms with Crippen LogP contribution in [0.2, 0.25) is 0 Å². The van der Waals surface area contributed by atoms with Crippen LogP contribution in [0, 0.1) is 0 Å². The molecule has 1 heterocycles. The summed E-state index contributed by atoms with van der Waals surface area (Å²) in [5.74, 6) is -1.28. The molecule has 0 aliphatic rings. The maximum absolute atomic E-state index is 12.4. The summed E-state index contributed by atoms with van der Waals surface area (Å²) in [6.07, 6.45) is 0.809. The van der Waals surface area contributed by atoms with Crippen LogP contribution in [0.3, 0.4) is 0 Å². The van der Waals surface area contributed by atoms with E-state index in [1.165, 1.54) is 12.5 Å². The second kappa shape index (κ2) is 10.6. The van der Waals surface area contributed by atoms with Crippen LogP contribution in [-0.2, 0) is 33.9 Å². The zero-order valence-electron chi connectivity index (χ0n) is 16.5. The summed E-state index contributed by atoms with van der Waals surface area (Å²) in [7, 11) is 0. The lowest BCUT2D eigenvalue weighted by Crippen LogP contribution is -2.43. The number of carbonyl (C=O) groups excluding carboxylic acids is 2. The van der Waals surface area contributed by atoms with Crippen LogP contribution in [0.1, 0.15) is 16.8 Å². The number of ether oxygens (including phenoxy) is 2. The minimum Gasteiger partial charge on any atom is -0.480 e. The lowest BCUT2D eigenvalue weighted by molar-refractivity contribution is -0.139. The molecule has 9 nitrogen and oxygen atoms in total. The van der Waals surface area contributed by atoms with E-state index < -0.39 is 24.2 Å². The van der Waals surface area contributed by atoms with Gasteiger partial charge in [0.05, 0.1) is 5.69 Å². The van der Waals surface area contributed by atoms with Gasteiger partial charge < -0.3 is 19.9 Å². The van der Waals surface area contributed by atoms with Gasteiger partial charge in [0, 0.05) is 12.6 Å². The van der Waals surface area contributed by atoms with Crippen LogP contribution in [0.25, 0.3) is 0 Å². The number of nitrogens with zero attached hydrogens (tertiary/aromatic N) is 2. The van der Waals surface area contributed by atoms with Crippen LogP contribution in [0.15, 0.2) is 73.2 Å². The predicted octanol–water partition coefficient (Wildman–Crippen LogP) is 2.99. The number of benzene rings is 2. The highest BCUT2D eigenvalue weighted by molar-refractivity contribution is 5.80. The lowest BCUT2D eigenvalue weighted by atomic mass is 10.1. The molecule has 0 saturated heterocycles. The molecule has 31 heavy (non-hydrogen) atoms. The van der Waals surface area contributed by atoms with E-state index in [0.717, 1.165) is 15.7 Å². The standard InChI is InChI=1S/C22H21N3O6/c26-20(27)19(24-21(28)30-13-16-7-3-1-4-8-16)11-18-12-23-15-25(18)22(29)31-14-17-9-5-2-6-10-17/h1-10,12,15,19H,11,13-14H2,(H,24,28)(H,26,27)/t19-/m0/s1. The largest absolute Gasteiger partial charge is 0.480 e. The number of hydrogen-bond acceptors (Lipinski definition) is 6. The fourth-order valence-corrected chi connectivity index (χ4v) is 2.74. The number of carboxylic acids is 1. The summed E-state index contributed by atoms with van der Waals surface area (Å²) in [6, 6.07) is 16.8. The van der Waals surface area contributed by atoms with Gasteiger partial charge in [-0.1, -0.05) is 60.7 Å². The van der Waals surface area contributed by atoms with E-state index in [2.05, 4.69) is 10.3 Å². The molecule has 3 rings (SSSR count). The molecule has 3 aromatic rings. The molecule has 1 aromatic heterocycles. The number of nitrogens with one attached hydrogen (secondary N) is 1. The fraction of sp³-hybridized carbons (Fsp3) is 0.182. The Labute approximate surface area is 178 Å². The molecule has 0 aliphatic carbocycles. The van der Waals surface area contributed by atoms with Crippen LogP contribution in [0.5, 0.6) is 0 Å². The zero-order chi connectivity index (χ0) is 22.1. The summed E-state index contributed by atoms with van der Waals surface area (Å²) >= 11 is 0. The lowest BCUT2D eigenvalue weighted by Gasteiger charge is -2.15. The number of amides is 1. The number of rotatable bonds is 8. The molecular formula is C22H21N3O6. The van der Waals surface area contributed by atoms with Crippen LogP contribution < -0.4 is 5.32 Å². The van der Waals surface area contributed by atoms with Crippen molar-refractivity contribution in [1.29, 1.82) is 0 Å². The van der Waals surface area contributed by atoms with Gasteiger partial charge in [0.1, 0.15) is 25.6 Å².